The summed E-state index contributed by atoms with van der Waals surface area (Å²) in [5.41, 5.74) is 4.13. The maximum atomic E-state index is 13.4. The second kappa shape index (κ2) is 17.8. The summed E-state index contributed by atoms with van der Waals surface area (Å²) in [5, 5.41) is 25.9. The summed E-state index contributed by atoms with van der Waals surface area (Å²) in [6, 6.07) is 27.1. The second-order valence-corrected chi connectivity index (χ2v) is 15.1. The maximum absolute atomic E-state index is 13.4. The van der Waals surface area contributed by atoms with Crippen molar-refractivity contribution in [3.63, 3.8) is 0 Å². The molecule has 3 atom stereocenters. The molecule has 1 aromatic heterocycles. The van der Waals surface area contributed by atoms with E-state index in [1.807, 2.05) is 60.7 Å². The molecule has 0 aliphatic carbocycles. The van der Waals surface area contributed by atoms with Gasteiger partial charge in [0.05, 0.1) is 25.8 Å². The van der Waals surface area contributed by atoms with Crippen molar-refractivity contribution in [1.82, 2.24) is 10.2 Å². The number of piperidine rings is 3. The number of nitrogens with zero attached hydrogens (tertiary/aromatic N) is 2. The van der Waals surface area contributed by atoms with Gasteiger partial charge >= 0.3 is 12.1 Å². The number of carboxylic acid groups (broad SMARTS) is 1. The van der Waals surface area contributed by atoms with Crippen molar-refractivity contribution in [3.8, 4) is 17.2 Å². The Morgan fingerprint density at radius 1 is 0.877 bits per heavy atom. The zero-order chi connectivity index (χ0) is 40.1. The van der Waals surface area contributed by atoms with E-state index < -0.39 is 24.0 Å². The summed E-state index contributed by atoms with van der Waals surface area (Å²) in [6.45, 7) is 2.96. The lowest BCUT2D eigenvalue weighted by Crippen LogP contribution is -2.52. The number of benzene rings is 4. The fourth-order valence-corrected chi connectivity index (χ4v) is 8.48. The van der Waals surface area contributed by atoms with E-state index in [-0.39, 0.29) is 34.7 Å². The van der Waals surface area contributed by atoms with E-state index in [2.05, 4.69) is 10.2 Å². The molecular formula is C44H43Cl2N3O8. The normalized spacial score (nSPS) is 18.3. The maximum Gasteiger partial charge on any atom is 0.408 e. The molecule has 4 aromatic carbocycles. The zero-order valence-electron chi connectivity index (χ0n) is 31.5. The monoisotopic (exact) mass is 811 g/mol. The van der Waals surface area contributed by atoms with Crippen LogP contribution in [0.15, 0.2) is 103 Å². The number of aromatic nitrogens is 1. The van der Waals surface area contributed by atoms with Crippen LogP contribution in [-0.2, 0) is 17.8 Å². The largest absolute Gasteiger partial charge is 0.619 e. The van der Waals surface area contributed by atoms with E-state index in [0.29, 0.717) is 50.2 Å². The van der Waals surface area contributed by atoms with Crippen LogP contribution in [0.25, 0.3) is 0 Å². The zero-order valence-corrected chi connectivity index (χ0v) is 33.0. The number of nitrogens with one attached hydrogen (secondary N) is 1. The number of methoxy groups -OCH3 is 2. The number of ether oxygens (including phenoxy) is 4. The average Bonchev–Trinajstić information content (AvgIpc) is 3.22. The third-order valence-electron chi connectivity index (χ3n) is 10.8. The Morgan fingerprint density at radius 2 is 1.60 bits per heavy atom. The van der Waals surface area contributed by atoms with Gasteiger partial charge in [0.2, 0.25) is 0 Å². The van der Waals surface area contributed by atoms with Gasteiger partial charge in [0.25, 0.3) is 0 Å². The van der Waals surface area contributed by atoms with Crippen molar-refractivity contribution in [2.45, 2.75) is 43.9 Å². The lowest BCUT2D eigenvalue weighted by molar-refractivity contribution is -0.605. The molecule has 8 rings (SSSR count). The van der Waals surface area contributed by atoms with Crippen molar-refractivity contribution in [3.05, 3.63) is 158 Å². The number of hydrogen-bond acceptors (Lipinski definition) is 8. The Kier molecular flexibility index (Phi) is 12.4. The van der Waals surface area contributed by atoms with Gasteiger partial charge in [0.1, 0.15) is 28.5 Å². The molecule has 2 N–H and O–H groups in total. The number of carbonyl (C=O) groups excluding carboxylic acids is 1. The van der Waals surface area contributed by atoms with Crippen LogP contribution in [0.2, 0.25) is 10.0 Å². The van der Waals surface area contributed by atoms with Crippen molar-refractivity contribution in [1.29, 1.82) is 0 Å². The highest BCUT2D eigenvalue weighted by Gasteiger charge is 2.37. The third kappa shape index (κ3) is 9.23. The Balaban J connectivity index is 1.17. The predicted molar refractivity (Wildman–Crippen MR) is 216 cm³/mol. The molecule has 296 valence electrons. The molecule has 1 amide bonds. The van der Waals surface area contributed by atoms with Crippen LogP contribution in [0, 0.1) is 11.1 Å². The number of hydrogen-bond donors (Lipinski definition) is 2. The van der Waals surface area contributed by atoms with E-state index in [1.165, 1.54) is 26.6 Å². The van der Waals surface area contributed by atoms with Gasteiger partial charge in [-0.3, -0.25) is 4.90 Å². The summed E-state index contributed by atoms with van der Waals surface area (Å²) in [5.74, 6) is 0.165. The van der Waals surface area contributed by atoms with Gasteiger partial charge in [-0.25, -0.2) is 9.59 Å². The van der Waals surface area contributed by atoms with Gasteiger partial charge in [-0.1, -0.05) is 83.9 Å². The molecule has 5 aromatic rings. The quantitative estimate of drug-likeness (QED) is 0.0841. The molecule has 3 aliphatic rings. The SMILES string of the molecule is COc1ccc(C(Cc2c(Cl)c[n+]([O-])cc2Cl)c2cc(COc3cccc([C@@H](NC(=O)O[C@H]4CN5CCC4CC5)c4ccccc4)c3)ccc2C(=O)O)cc1OC. The molecule has 3 fully saturated rings. The predicted octanol–water partition coefficient (Wildman–Crippen LogP) is 8.21. The van der Waals surface area contributed by atoms with Crippen LogP contribution in [0.5, 0.6) is 17.2 Å². The summed E-state index contributed by atoms with van der Waals surface area (Å²) in [4.78, 5) is 28.4. The van der Waals surface area contributed by atoms with E-state index >= 15 is 0 Å². The Morgan fingerprint density at radius 3 is 2.26 bits per heavy atom. The first-order chi connectivity index (χ1) is 27.6. The number of pyridine rings is 1. The van der Waals surface area contributed by atoms with Crippen LogP contribution in [0.1, 0.15) is 68.5 Å². The van der Waals surface area contributed by atoms with E-state index in [9.17, 15) is 19.9 Å². The standard InChI is InChI=1S/C44H43Cl2N3O8/c1-54-39-14-12-30(21-40(39)55-2)34(22-36-37(45)23-49(53)24-38(36)46)35-19-27(11-13-33(35)43(50)51)26-56-32-10-6-9-31(20-32)42(29-7-4-3-5-8-29)47-44(52)57-41-25-48-17-15-28(41)16-18-48/h3-14,19-21,23-24,28,34,41-42H,15-18,22,25-26H2,1-2H3,(H,47,52)(H,50,51)/t34?,41-,42-/m0/s1. The Bertz CT molecular complexity index is 2210. The molecule has 2 bridgehead atoms. The van der Waals surface area contributed by atoms with Gasteiger partial charge < -0.3 is 34.6 Å². The molecule has 13 heteroatoms. The highest BCUT2D eigenvalue weighted by molar-refractivity contribution is 6.35. The molecule has 0 saturated carbocycles. The fourth-order valence-electron chi connectivity index (χ4n) is 7.88. The van der Waals surface area contributed by atoms with Crippen LogP contribution in [-0.4, -0.2) is 62.0 Å². The van der Waals surface area contributed by atoms with Gasteiger partial charge in [-0.05, 0) is 96.4 Å². The van der Waals surface area contributed by atoms with Crippen molar-refractivity contribution in [2.75, 3.05) is 33.9 Å². The number of amides is 1. The number of rotatable bonds is 14. The number of carboxylic acids is 1. The molecule has 0 spiro atoms. The molecule has 0 radical (unpaired) electrons. The molecule has 11 nitrogen and oxygen atoms in total. The highest BCUT2D eigenvalue weighted by Crippen LogP contribution is 2.39. The minimum Gasteiger partial charge on any atom is -0.619 e. The van der Waals surface area contributed by atoms with Gasteiger partial charge in [0.15, 0.2) is 23.9 Å². The molecule has 1 unspecified atom stereocenters. The minimum atomic E-state index is -1.12. The lowest BCUT2D eigenvalue weighted by atomic mass is 9.82. The van der Waals surface area contributed by atoms with Crippen LogP contribution in [0.4, 0.5) is 4.79 Å². The van der Waals surface area contributed by atoms with Crippen molar-refractivity contribution >= 4 is 35.3 Å². The smallest absolute Gasteiger partial charge is 0.408 e. The fraction of sp³-hybridized carbons (Fsp3) is 0.295. The highest BCUT2D eigenvalue weighted by atomic mass is 35.5. The van der Waals surface area contributed by atoms with Crippen LogP contribution < -0.4 is 24.3 Å². The first-order valence-corrected chi connectivity index (χ1v) is 19.5. The number of carbonyl (C=O) groups is 2. The number of alkyl carbamates (subject to hydrolysis) is 1. The molecule has 57 heavy (non-hydrogen) atoms. The number of halogens is 2. The lowest BCUT2D eigenvalue weighted by Gasteiger charge is -2.43. The molecule has 4 heterocycles. The van der Waals surface area contributed by atoms with Gasteiger partial charge in [0, 0.05) is 18.0 Å². The third-order valence-corrected chi connectivity index (χ3v) is 11.5. The summed E-state index contributed by atoms with van der Waals surface area (Å²) >= 11 is 13.1. The summed E-state index contributed by atoms with van der Waals surface area (Å²) in [6.07, 6.45) is 4.07. The van der Waals surface area contributed by atoms with Crippen molar-refractivity contribution in [2.24, 2.45) is 5.92 Å². The van der Waals surface area contributed by atoms with E-state index in [0.717, 1.165) is 43.6 Å². The summed E-state index contributed by atoms with van der Waals surface area (Å²) in [7, 11) is 3.05. The Labute approximate surface area is 341 Å². The van der Waals surface area contributed by atoms with Crippen LogP contribution >= 0.6 is 23.2 Å². The minimum absolute atomic E-state index is 0.0736. The van der Waals surface area contributed by atoms with Gasteiger partial charge in [-0.15, -0.1) is 0 Å². The molecular weight excluding hydrogens is 769 g/mol. The topological polar surface area (TPSA) is 134 Å². The Hall–Kier alpha value is -5.49. The number of aromatic carboxylic acids is 1. The van der Waals surface area contributed by atoms with Gasteiger partial charge in [-0.2, -0.15) is 4.73 Å². The van der Waals surface area contributed by atoms with Crippen molar-refractivity contribution < 1.29 is 38.4 Å². The van der Waals surface area contributed by atoms with E-state index in [1.54, 1.807) is 30.3 Å². The van der Waals surface area contributed by atoms with E-state index in [4.69, 9.17) is 42.1 Å². The van der Waals surface area contributed by atoms with Crippen LogP contribution in [0.3, 0.4) is 0 Å². The molecule has 3 aliphatic heterocycles. The molecule has 3 saturated heterocycles. The second-order valence-electron chi connectivity index (χ2n) is 14.3. The first-order valence-electron chi connectivity index (χ1n) is 18.7. The number of fused-ring (bicyclic) bond motifs is 3. The first kappa shape index (κ1) is 39.7. The summed E-state index contributed by atoms with van der Waals surface area (Å²) < 4.78 is 23.9. The average molecular weight is 813 g/mol.